The van der Waals surface area contributed by atoms with Crippen molar-refractivity contribution in [2.75, 3.05) is 33.9 Å². The van der Waals surface area contributed by atoms with Crippen LogP contribution in [-0.4, -0.2) is 56.7 Å². The van der Waals surface area contributed by atoms with Crippen molar-refractivity contribution in [2.24, 2.45) is 4.99 Å². The van der Waals surface area contributed by atoms with Crippen LogP contribution in [0.25, 0.3) is 0 Å². The molecule has 1 aromatic heterocycles. The molecule has 23 heavy (non-hydrogen) atoms. The number of nitrogens with zero attached hydrogens (tertiary/aromatic N) is 2. The summed E-state index contributed by atoms with van der Waals surface area (Å²) in [5, 5.41) is 8.51. The second-order valence-corrected chi connectivity index (χ2v) is 6.68. The van der Waals surface area contributed by atoms with Crippen LogP contribution < -0.4 is 10.6 Å². The van der Waals surface area contributed by atoms with Crippen LogP contribution in [0.3, 0.4) is 0 Å². The number of rotatable bonds is 6. The Morgan fingerprint density at radius 3 is 3.13 bits per heavy atom. The second-order valence-electron chi connectivity index (χ2n) is 5.68. The second kappa shape index (κ2) is 8.88. The van der Waals surface area contributed by atoms with Crippen LogP contribution >= 0.6 is 11.3 Å². The van der Waals surface area contributed by atoms with Gasteiger partial charge in [0, 0.05) is 51.1 Å². The summed E-state index contributed by atoms with van der Waals surface area (Å²) in [5.41, 5.74) is 1.30. The molecule has 0 aliphatic carbocycles. The number of hydrogen-bond acceptors (Lipinski definition) is 4. The predicted molar refractivity (Wildman–Crippen MR) is 93.9 cm³/mol. The molecule has 1 atom stereocenters. The fourth-order valence-corrected chi connectivity index (χ4v) is 3.52. The molecular formula is C16H26N4O2S. The van der Waals surface area contributed by atoms with E-state index in [2.05, 4.69) is 27.1 Å². The number of ether oxygens (including phenoxy) is 1. The molecule has 0 fully saturated rings. The van der Waals surface area contributed by atoms with Gasteiger partial charge in [-0.1, -0.05) is 0 Å². The van der Waals surface area contributed by atoms with Gasteiger partial charge in [-0.15, -0.1) is 11.3 Å². The van der Waals surface area contributed by atoms with E-state index < -0.39 is 0 Å². The monoisotopic (exact) mass is 338 g/mol. The van der Waals surface area contributed by atoms with Gasteiger partial charge in [-0.2, -0.15) is 0 Å². The van der Waals surface area contributed by atoms with Gasteiger partial charge in [-0.3, -0.25) is 9.79 Å². The topological polar surface area (TPSA) is 66.0 Å². The lowest BCUT2D eigenvalue weighted by atomic mass is 10.1. The van der Waals surface area contributed by atoms with E-state index in [4.69, 9.17) is 4.74 Å². The summed E-state index contributed by atoms with van der Waals surface area (Å²) in [4.78, 5) is 19.9. The minimum absolute atomic E-state index is 0.168. The average Bonchev–Trinajstić information content (AvgIpc) is 3.01. The largest absolute Gasteiger partial charge is 0.383 e. The van der Waals surface area contributed by atoms with Crippen LogP contribution in [0.4, 0.5) is 0 Å². The maximum Gasteiger partial charge on any atom is 0.224 e. The van der Waals surface area contributed by atoms with E-state index in [1.165, 1.54) is 10.4 Å². The molecule has 128 valence electrons. The molecule has 2 N–H and O–H groups in total. The van der Waals surface area contributed by atoms with Crippen molar-refractivity contribution in [3.8, 4) is 0 Å². The Hall–Kier alpha value is -1.60. The summed E-state index contributed by atoms with van der Waals surface area (Å²) in [6.07, 6.45) is 1.45. The van der Waals surface area contributed by atoms with E-state index >= 15 is 0 Å². The fraction of sp³-hybridized carbons (Fsp3) is 0.625. The minimum Gasteiger partial charge on any atom is -0.383 e. The highest BCUT2D eigenvalue weighted by atomic mass is 32.1. The number of aliphatic imine (C=N–C) groups is 1. The number of amides is 1. The van der Waals surface area contributed by atoms with E-state index in [1.807, 2.05) is 11.8 Å². The highest BCUT2D eigenvalue weighted by Gasteiger charge is 2.21. The van der Waals surface area contributed by atoms with Crippen LogP contribution in [0.15, 0.2) is 16.4 Å². The third-order valence-electron chi connectivity index (χ3n) is 3.82. The van der Waals surface area contributed by atoms with Gasteiger partial charge in [0.1, 0.15) is 0 Å². The molecule has 1 aliphatic heterocycles. The molecule has 0 spiro atoms. The Kier molecular flexibility index (Phi) is 6.85. The molecule has 2 heterocycles. The zero-order valence-corrected chi connectivity index (χ0v) is 14.9. The van der Waals surface area contributed by atoms with Gasteiger partial charge in [0.25, 0.3) is 0 Å². The van der Waals surface area contributed by atoms with Gasteiger partial charge < -0.3 is 20.3 Å². The van der Waals surface area contributed by atoms with Crippen molar-refractivity contribution in [1.82, 2.24) is 15.5 Å². The highest BCUT2D eigenvalue weighted by Crippen LogP contribution is 2.24. The van der Waals surface area contributed by atoms with Gasteiger partial charge in [-0.25, -0.2) is 0 Å². The molecule has 0 saturated carbocycles. The van der Waals surface area contributed by atoms with Crippen LogP contribution in [0.2, 0.25) is 0 Å². The number of carbonyl (C=O) groups is 1. The quantitative estimate of drug-likeness (QED) is 0.605. The number of guanidine groups is 1. The summed E-state index contributed by atoms with van der Waals surface area (Å²) in [6.45, 7) is 4.77. The van der Waals surface area contributed by atoms with E-state index in [1.54, 1.807) is 25.5 Å². The Morgan fingerprint density at radius 1 is 1.57 bits per heavy atom. The van der Waals surface area contributed by atoms with E-state index in [9.17, 15) is 4.79 Å². The molecular weight excluding hydrogens is 312 g/mol. The first kappa shape index (κ1) is 17.7. The lowest BCUT2D eigenvalue weighted by Gasteiger charge is -2.27. The van der Waals surface area contributed by atoms with E-state index in [0.717, 1.165) is 19.5 Å². The number of carbonyl (C=O) groups excluding carboxylic acids is 1. The molecule has 6 nitrogen and oxygen atoms in total. The van der Waals surface area contributed by atoms with Crippen LogP contribution in [-0.2, 0) is 22.5 Å². The first-order valence-corrected chi connectivity index (χ1v) is 8.81. The van der Waals surface area contributed by atoms with Gasteiger partial charge in [-0.05, 0) is 30.4 Å². The van der Waals surface area contributed by atoms with E-state index in [0.29, 0.717) is 25.5 Å². The van der Waals surface area contributed by atoms with Crippen LogP contribution in [0, 0.1) is 0 Å². The maximum absolute atomic E-state index is 12.3. The molecule has 0 bridgehead atoms. The summed E-state index contributed by atoms with van der Waals surface area (Å²) < 4.78 is 5.09. The van der Waals surface area contributed by atoms with Crippen LogP contribution in [0.5, 0.6) is 0 Å². The number of hydrogen-bond donors (Lipinski definition) is 2. The molecule has 0 radical (unpaired) electrons. The first-order chi connectivity index (χ1) is 11.1. The van der Waals surface area contributed by atoms with Crippen molar-refractivity contribution in [1.29, 1.82) is 0 Å². The zero-order chi connectivity index (χ0) is 16.7. The summed E-state index contributed by atoms with van der Waals surface area (Å²) in [7, 11) is 3.39. The number of thiophene rings is 1. The smallest absolute Gasteiger partial charge is 0.224 e. The van der Waals surface area contributed by atoms with Crippen molar-refractivity contribution in [3.63, 3.8) is 0 Å². The maximum atomic E-state index is 12.3. The number of nitrogens with one attached hydrogen (secondary N) is 2. The molecule has 0 aromatic carbocycles. The van der Waals surface area contributed by atoms with Crippen LogP contribution in [0.1, 0.15) is 23.8 Å². The standard InChI is InChI=1S/C16H26N4O2S/c1-12(11-22-3)19-16(17-2)18-7-4-15(21)20-8-5-14-13(10-20)6-9-23-14/h6,9,12H,4-5,7-8,10-11H2,1-3H3,(H2,17,18,19). The van der Waals surface area contributed by atoms with Gasteiger partial charge in [0.05, 0.1) is 6.61 Å². The molecule has 1 unspecified atom stereocenters. The first-order valence-electron chi connectivity index (χ1n) is 7.93. The fourth-order valence-electron chi connectivity index (χ4n) is 2.63. The molecule has 1 amide bonds. The normalized spacial score (nSPS) is 16.0. The van der Waals surface area contributed by atoms with Crippen molar-refractivity contribution in [2.45, 2.75) is 32.4 Å². The van der Waals surface area contributed by atoms with Gasteiger partial charge >= 0.3 is 0 Å². The number of fused-ring (bicyclic) bond motifs is 1. The Labute approximate surface area is 141 Å². The Balaban J connectivity index is 1.72. The van der Waals surface area contributed by atoms with Gasteiger partial charge in [0.2, 0.25) is 5.91 Å². The highest BCUT2D eigenvalue weighted by molar-refractivity contribution is 7.10. The number of methoxy groups -OCH3 is 1. The lowest BCUT2D eigenvalue weighted by Crippen LogP contribution is -2.45. The predicted octanol–water partition coefficient (Wildman–Crippen LogP) is 1.22. The van der Waals surface area contributed by atoms with Crippen molar-refractivity contribution < 1.29 is 9.53 Å². The Bertz CT molecular complexity index is 544. The molecule has 2 rings (SSSR count). The molecule has 7 heteroatoms. The SMILES string of the molecule is CN=C(NCCC(=O)N1CCc2sccc2C1)NC(C)COC. The molecule has 1 aliphatic rings. The summed E-state index contributed by atoms with van der Waals surface area (Å²) >= 11 is 1.79. The summed E-state index contributed by atoms with van der Waals surface area (Å²) in [6, 6.07) is 2.29. The average molecular weight is 338 g/mol. The van der Waals surface area contributed by atoms with E-state index in [-0.39, 0.29) is 11.9 Å². The summed E-state index contributed by atoms with van der Waals surface area (Å²) in [5.74, 6) is 0.885. The third kappa shape index (κ3) is 5.21. The third-order valence-corrected chi connectivity index (χ3v) is 4.84. The Morgan fingerprint density at radius 2 is 2.39 bits per heavy atom. The lowest BCUT2D eigenvalue weighted by molar-refractivity contribution is -0.131. The zero-order valence-electron chi connectivity index (χ0n) is 14.1. The van der Waals surface area contributed by atoms with Crippen molar-refractivity contribution in [3.05, 3.63) is 21.9 Å². The minimum atomic E-state index is 0.168. The molecule has 0 saturated heterocycles. The molecule has 1 aromatic rings. The van der Waals surface area contributed by atoms with Crippen molar-refractivity contribution >= 4 is 23.2 Å². The van der Waals surface area contributed by atoms with Gasteiger partial charge in [0.15, 0.2) is 5.96 Å².